The molecule has 9 heteroatoms. The van der Waals surface area contributed by atoms with Crippen LogP contribution in [0.1, 0.15) is 65.4 Å². The third kappa shape index (κ3) is 2.99. The van der Waals surface area contributed by atoms with Gasteiger partial charge in [-0.05, 0) is 60.8 Å². The van der Waals surface area contributed by atoms with Gasteiger partial charge >= 0.3 is 12.0 Å². The molecule has 0 radical (unpaired) electrons. The van der Waals surface area contributed by atoms with Gasteiger partial charge in [0.05, 0.1) is 28.1 Å². The van der Waals surface area contributed by atoms with Crippen molar-refractivity contribution in [2.75, 3.05) is 6.61 Å². The number of halogens is 3. The van der Waals surface area contributed by atoms with Crippen LogP contribution in [0, 0.1) is 22.2 Å². The van der Waals surface area contributed by atoms with E-state index < -0.39 is 34.3 Å². The molecule has 3 unspecified atom stereocenters. The van der Waals surface area contributed by atoms with E-state index >= 15 is 0 Å². The van der Waals surface area contributed by atoms with E-state index in [2.05, 4.69) is 26.1 Å². The lowest BCUT2D eigenvalue weighted by atomic mass is 9.67. The zero-order valence-corrected chi connectivity index (χ0v) is 21.6. The number of hydrogen-bond acceptors (Lipinski definition) is 3. The Morgan fingerprint density at radius 1 is 1.25 bits per heavy atom. The van der Waals surface area contributed by atoms with Crippen LogP contribution in [-0.4, -0.2) is 40.1 Å². The predicted octanol–water partition coefficient (Wildman–Crippen LogP) is 5.94. The van der Waals surface area contributed by atoms with Crippen molar-refractivity contribution in [3.8, 4) is 5.75 Å². The Balaban J connectivity index is 1.33. The van der Waals surface area contributed by atoms with Crippen molar-refractivity contribution >= 4 is 23.6 Å². The van der Waals surface area contributed by atoms with Crippen molar-refractivity contribution in [2.45, 2.75) is 76.8 Å². The summed E-state index contributed by atoms with van der Waals surface area (Å²) in [4.78, 5) is 26.9. The monoisotopic (exact) mass is 520 g/mol. The average Bonchev–Trinajstić information content (AvgIpc) is 3.51. The number of benzene rings is 1. The Bertz CT molecular complexity index is 1240. The minimum absolute atomic E-state index is 0.0545. The summed E-state index contributed by atoms with van der Waals surface area (Å²) in [5.41, 5.74) is -1.29. The minimum atomic E-state index is -2.73. The first-order chi connectivity index (χ1) is 16.6. The maximum atomic E-state index is 14.0. The first kappa shape index (κ1) is 24.0. The van der Waals surface area contributed by atoms with Crippen molar-refractivity contribution in [3.05, 3.63) is 40.6 Å². The molecule has 0 saturated heterocycles. The molecular formula is C27H31ClF2N2O4. The maximum Gasteiger partial charge on any atom is 0.322 e. The summed E-state index contributed by atoms with van der Waals surface area (Å²) >= 11 is 6.56. The number of carbonyl (C=O) groups is 2. The van der Waals surface area contributed by atoms with Crippen LogP contribution in [0.5, 0.6) is 5.75 Å². The molecule has 0 aromatic heterocycles. The quantitative estimate of drug-likeness (QED) is 0.486. The Morgan fingerprint density at radius 3 is 2.47 bits per heavy atom. The molecule has 6 nitrogen and oxygen atoms in total. The summed E-state index contributed by atoms with van der Waals surface area (Å²) < 4.78 is 33.8. The topological polar surface area (TPSA) is 78.9 Å². The SMILES string of the molecule is CC(C)(C)COc1ccc([C@]2(C)NC(=O)N(C34CC5(C(=O)O)CC53C4)C=C2C2CC(F)(F)C2)cc1Cl. The second-order valence-electron chi connectivity index (χ2n) is 13.0. The summed E-state index contributed by atoms with van der Waals surface area (Å²) in [6.45, 7) is 8.46. The normalized spacial score (nSPS) is 38.0. The number of urea groups is 1. The van der Waals surface area contributed by atoms with Crippen LogP contribution in [0.15, 0.2) is 30.0 Å². The molecule has 1 spiro atoms. The van der Waals surface area contributed by atoms with Gasteiger partial charge in [0.1, 0.15) is 5.75 Å². The molecule has 36 heavy (non-hydrogen) atoms. The van der Waals surface area contributed by atoms with Crippen molar-refractivity contribution in [1.82, 2.24) is 10.2 Å². The number of carboxylic acids is 1. The van der Waals surface area contributed by atoms with E-state index in [1.807, 2.05) is 13.0 Å². The first-order valence-electron chi connectivity index (χ1n) is 12.5. The highest BCUT2D eigenvalue weighted by Gasteiger charge is 3.01. The van der Waals surface area contributed by atoms with E-state index in [-0.39, 0.29) is 29.7 Å². The fourth-order valence-corrected chi connectivity index (χ4v) is 7.46. The predicted molar refractivity (Wildman–Crippen MR) is 129 cm³/mol. The van der Waals surface area contributed by atoms with E-state index in [0.29, 0.717) is 47.8 Å². The highest BCUT2D eigenvalue weighted by Crippen LogP contribution is 2.97. The van der Waals surface area contributed by atoms with Gasteiger partial charge in [-0.1, -0.05) is 38.4 Å². The van der Waals surface area contributed by atoms with E-state index in [4.69, 9.17) is 16.3 Å². The molecule has 1 aromatic rings. The van der Waals surface area contributed by atoms with Gasteiger partial charge in [-0.2, -0.15) is 0 Å². The van der Waals surface area contributed by atoms with Crippen LogP contribution in [0.25, 0.3) is 0 Å². The molecule has 4 atom stereocenters. The van der Waals surface area contributed by atoms with Gasteiger partial charge in [0.2, 0.25) is 5.92 Å². The largest absolute Gasteiger partial charge is 0.491 e. The summed E-state index contributed by atoms with van der Waals surface area (Å²) in [6, 6.07) is 4.98. The smallest absolute Gasteiger partial charge is 0.322 e. The maximum absolute atomic E-state index is 14.0. The number of alkyl halides is 2. The first-order valence-corrected chi connectivity index (χ1v) is 12.8. The van der Waals surface area contributed by atoms with E-state index in [1.165, 1.54) is 0 Å². The molecular weight excluding hydrogens is 490 g/mol. The summed E-state index contributed by atoms with van der Waals surface area (Å²) in [6.07, 6.45) is 2.82. The number of ether oxygens (including phenoxy) is 1. The number of nitrogens with one attached hydrogen (secondary N) is 1. The fraction of sp³-hybridized carbons (Fsp3) is 0.630. The van der Waals surface area contributed by atoms with Crippen molar-refractivity contribution < 1.29 is 28.2 Å². The minimum Gasteiger partial charge on any atom is -0.491 e. The van der Waals surface area contributed by atoms with Gasteiger partial charge in [-0.25, -0.2) is 13.6 Å². The number of rotatable bonds is 6. The highest BCUT2D eigenvalue weighted by atomic mass is 35.5. The van der Waals surface area contributed by atoms with Gasteiger partial charge in [0, 0.05) is 24.5 Å². The van der Waals surface area contributed by atoms with Crippen LogP contribution >= 0.6 is 11.6 Å². The third-order valence-corrected chi connectivity index (χ3v) is 9.64. The number of carboxylic acid groups (broad SMARTS) is 1. The molecule has 0 bridgehead atoms. The third-order valence-electron chi connectivity index (χ3n) is 9.34. The van der Waals surface area contributed by atoms with E-state index in [0.717, 1.165) is 0 Å². The zero-order chi connectivity index (χ0) is 26.1. The van der Waals surface area contributed by atoms with E-state index in [9.17, 15) is 23.5 Å². The standard InChI is InChI=1S/C27H31ClF2N2O4/c1-22(2,3)14-36-19-6-5-16(7-18(19)28)23(4)17(15-8-27(29,30)9-15)10-32(21(35)31-23)26-12-24(20(33)34)11-25(24,26)13-26/h5-7,10,15H,8-9,11-14H2,1-4H3,(H,31,35)(H,33,34)/t23-,24?,25?,26?/m0/s1. The van der Waals surface area contributed by atoms with Gasteiger partial charge < -0.3 is 15.2 Å². The Labute approximate surface area is 214 Å². The van der Waals surface area contributed by atoms with Gasteiger partial charge in [-0.3, -0.25) is 9.69 Å². The second kappa shape index (κ2) is 6.74. The number of nitrogens with zero attached hydrogens (tertiary/aromatic N) is 1. The zero-order valence-electron chi connectivity index (χ0n) is 20.9. The van der Waals surface area contributed by atoms with Gasteiger partial charge in [0.15, 0.2) is 0 Å². The molecule has 4 aliphatic carbocycles. The lowest BCUT2D eigenvalue weighted by molar-refractivity contribution is -0.148. The van der Waals surface area contributed by atoms with Crippen molar-refractivity contribution in [2.24, 2.45) is 22.2 Å². The molecule has 1 aromatic carbocycles. The number of carbonyl (C=O) groups excluding carboxylic acids is 1. The molecule has 194 valence electrons. The molecule has 4 saturated carbocycles. The molecule has 6 rings (SSSR count). The Hall–Kier alpha value is -2.35. The van der Waals surface area contributed by atoms with Crippen LogP contribution < -0.4 is 10.1 Å². The van der Waals surface area contributed by atoms with Crippen molar-refractivity contribution in [1.29, 1.82) is 0 Å². The van der Waals surface area contributed by atoms with E-state index in [1.54, 1.807) is 23.2 Å². The van der Waals surface area contributed by atoms with Crippen LogP contribution in [-0.2, 0) is 10.3 Å². The lowest BCUT2D eigenvalue weighted by Crippen LogP contribution is -2.61. The molecule has 1 aliphatic heterocycles. The average molecular weight is 521 g/mol. The molecule has 4 fully saturated rings. The fourth-order valence-electron chi connectivity index (χ4n) is 7.23. The van der Waals surface area contributed by atoms with Gasteiger partial charge in [0.25, 0.3) is 0 Å². The van der Waals surface area contributed by atoms with Crippen molar-refractivity contribution in [3.63, 3.8) is 0 Å². The van der Waals surface area contributed by atoms with Crippen LogP contribution in [0.2, 0.25) is 5.02 Å². The molecule has 5 aliphatic rings. The Morgan fingerprint density at radius 2 is 1.94 bits per heavy atom. The molecule has 1 heterocycles. The van der Waals surface area contributed by atoms with Gasteiger partial charge in [-0.15, -0.1) is 0 Å². The second-order valence-corrected chi connectivity index (χ2v) is 13.4. The number of amides is 2. The molecule has 2 amide bonds. The van der Waals surface area contributed by atoms with Crippen LogP contribution in [0.4, 0.5) is 13.6 Å². The Kier molecular flexibility index (Phi) is 4.50. The highest BCUT2D eigenvalue weighted by molar-refractivity contribution is 6.32. The number of aliphatic carboxylic acids is 1. The summed E-state index contributed by atoms with van der Waals surface area (Å²) in [5, 5.41) is 13.2. The molecule has 2 N–H and O–H groups in total. The number of hydrogen-bond donors (Lipinski definition) is 2. The van der Waals surface area contributed by atoms with Crippen LogP contribution in [0.3, 0.4) is 0 Å². The summed E-state index contributed by atoms with van der Waals surface area (Å²) in [7, 11) is 0. The summed E-state index contributed by atoms with van der Waals surface area (Å²) in [5.74, 6) is -3.41. The lowest BCUT2D eigenvalue weighted by Gasteiger charge is -2.50.